The van der Waals surface area contributed by atoms with Crippen molar-refractivity contribution in [2.45, 2.75) is 13.8 Å². The second-order valence-electron chi connectivity index (χ2n) is 7.29. The van der Waals surface area contributed by atoms with Gasteiger partial charge >= 0.3 is 0 Å². The molecule has 0 unspecified atom stereocenters. The van der Waals surface area contributed by atoms with Crippen molar-refractivity contribution in [1.82, 2.24) is 9.62 Å². The van der Waals surface area contributed by atoms with Crippen molar-refractivity contribution in [3.8, 4) is 0 Å². The standard InChI is InChI=1S/C21H26FN3O3S/c1-16-13-17(2)15-18(14-16)21(26)23-7-12-29(27,28)25-10-8-24(9-11-25)20-6-4-3-5-19(20)22/h3-6,13-15H,7-12H2,1-2H3,(H,23,26). The number of amides is 1. The minimum Gasteiger partial charge on any atom is -0.367 e. The molecule has 156 valence electrons. The molecule has 1 aliphatic rings. The Balaban J connectivity index is 1.51. The first kappa shape index (κ1) is 21.3. The van der Waals surface area contributed by atoms with Crippen LogP contribution in [-0.4, -0.2) is 57.1 Å². The summed E-state index contributed by atoms with van der Waals surface area (Å²) in [6, 6.07) is 12.0. The molecule has 1 N–H and O–H groups in total. The molecule has 0 atom stereocenters. The Hall–Kier alpha value is -2.45. The molecule has 1 saturated heterocycles. The molecule has 1 amide bonds. The van der Waals surface area contributed by atoms with E-state index in [-0.39, 0.29) is 24.0 Å². The molecule has 1 aliphatic heterocycles. The van der Waals surface area contributed by atoms with Gasteiger partial charge < -0.3 is 10.2 Å². The molecule has 1 heterocycles. The fraction of sp³-hybridized carbons (Fsp3) is 0.381. The Kier molecular flexibility index (Phi) is 6.54. The molecule has 0 saturated carbocycles. The minimum absolute atomic E-state index is 0.0433. The zero-order chi connectivity index (χ0) is 21.0. The van der Waals surface area contributed by atoms with Gasteiger partial charge in [-0.2, -0.15) is 4.31 Å². The van der Waals surface area contributed by atoms with Gasteiger partial charge in [-0.3, -0.25) is 4.79 Å². The first-order valence-corrected chi connectivity index (χ1v) is 11.2. The molecule has 3 rings (SSSR count). The van der Waals surface area contributed by atoms with E-state index in [0.717, 1.165) is 11.1 Å². The van der Waals surface area contributed by atoms with E-state index in [4.69, 9.17) is 0 Å². The third-order valence-electron chi connectivity index (χ3n) is 4.95. The van der Waals surface area contributed by atoms with Crippen molar-refractivity contribution < 1.29 is 17.6 Å². The van der Waals surface area contributed by atoms with E-state index in [1.54, 1.807) is 30.3 Å². The maximum Gasteiger partial charge on any atom is 0.251 e. The van der Waals surface area contributed by atoms with Crippen LogP contribution in [0.15, 0.2) is 42.5 Å². The zero-order valence-corrected chi connectivity index (χ0v) is 17.5. The van der Waals surface area contributed by atoms with Crippen LogP contribution in [0.25, 0.3) is 0 Å². The van der Waals surface area contributed by atoms with Gasteiger partial charge in [0.2, 0.25) is 10.0 Å². The highest BCUT2D eigenvalue weighted by atomic mass is 32.2. The largest absolute Gasteiger partial charge is 0.367 e. The highest BCUT2D eigenvalue weighted by Crippen LogP contribution is 2.21. The lowest BCUT2D eigenvalue weighted by Gasteiger charge is -2.35. The Morgan fingerprint density at radius 1 is 1.03 bits per heavy atom. The van der Waals surface area contributed by atoms with Gasteiger partial charge in [0, 0.05) is 38.3 Å². The summed E-state index contributed by atoms with van der Waals surface area (Å²) in [5.74, 6) is -0.752. The van der Waals surface area contributed by atoms with E-state index in [0.29, 0.717) is 37.4 Å². The van der Waals surface area contributed by atoms with Crippen molar-refractivity contribution in [1.29, 1.82) is 0 Å². The highest BCUT2D eigenvalue weighted by Gasteiger charge is 2.27. The van der Waals surface area contributed by atoms with E-state index in [1.165, 1.54) is 10.4 Å². The lowest BCUT2D eigenvalue weighted by Crippen LogP contribution is -2.50. The number of anilines is 1. The van der Waals surface area contributed by atoms with E-state index in [1.807, 2.05) is 24.8 Å². The molecule has 0 bridgehead atoms. The zero-order valence-electron chi connectivity index (χ0n) is 16.7. The average Bonchev–Trinajstić information content (AvgIpc) is 2.67. The number of benzene rings is 2. The van der Waals surface area contributed by atoms with Gasteiger partial charge in [-0.1, -0.05) is 29.3 Å². The van der Waals surface area contributed by atoms with Gasteiger partial charge in [0.05, 0.1) is 11.4 Å². The number of carbonyl (C=O) groups excluding carboxylic acids is 1. The second kappa shape index (κ2) is 8.92. The second-order valence-corrected chi connectivity index (χ2v) is 9.37. The number of halogens is 1. The molecule has 0 spiro atoms. The lowest BCUT2D eigenvalue weighted by molar-refractivity contribution is 0.0956. The molecule has 6 nitrogen and oxygen atoms in total. The number of piperazine rings is 1. The van der Waals surface area contributed by atoms with Crippen LogP contribution in [0.4, 0.5) is 10.1 Å². The van der Waals surface area contributed by atoms with Gasteiger partial charge in [0.25, 0.3) is 5.91 Å². The SMILES string of the molecule is Cc1cc(C)cc(C(=O)NCCS(=O)(=O)N2CCN(c3ccccc3F)CC2)c1. The van der Waals surface area contributed by atoms with E-state index >= 15 is 0 Å². The summed E-state index contributed by atoms with van der Waals surface area (Å²) in [7, 11) is -3.50. The fourth-order valence-electron chi connectivity index (χ4n) is 3.55. The number of nitrogens with zero attached hydrogens (tertiary/aromatic N) is 2. The van der Waals surface area contributed by atoms with Gasteiger partial charge in [-0.25, -0.2) is 12.8 Å². The fourth-order valence-corrected chi connectivity index (χ4v) is 4.88. The van der Waals surface area contributed by atoms with Gasteiger partial charge in [0.1, 0.15) is 5.82 Å². The smallest absolute Gasteiger partial charge is 0.251 e. The molecule has 2 aromatic rings. The summed E-state index contributed by atoms with van der Waals surface area (Å²) < 4.78 is 40.5. The Morgan fingerprint density at radius 3 is 2.28 bits per heavy atom. The lowest BCUT2D eigenvalue weighted by atomic mass is 10.1. The van der Waals surface area contributed by atoms with Gasteiger partial charge in [0.15, 0.2) is 0 Å². The number of hydrogen-bond acceptors (Lipinski definition) is 4. The summed E-state index contributed by atoms with van der Waals surface area (Å²) in [6.45, 7) is 5.31. The molecule has 2 aromatic carbocycles. The number of carbonyl (C=O) groups is 1. The Labute approximate surface area is 171 Å². The third kappa shape index (κ3) is 5.33. The summed E-state index contributed by atoms with van der Waals surface area (Å²) in [6.07, 6.45) is 0. The van der Waals surface area contributed by atoms with Crippen LogP contribution < -0.4 is 10.2 Å². The number of rotatable bonds is 6. The quantitative estimate of drug-likeness (QED) is 0.780. The van der Waals surface area contributed by atoms with Crippen LogP contribution in [0.1, 0.15) is 21.5 Å². The average molecular weight is 420 g/mol. The van der Waals surface area contributed by atoms with Crippen molar-refractivity contribution in [3.63, 3.8) is 0 Å². The molecule has 0 radical (unpaired) electrons. The molecular weight excluding hydrogens is 393 g/mol. The van der Waals surface area contributed by atoms with E-state index in [9.17, 15) is 17.6 Å². The molecule has 29 heavy (non-hydrogen) atoms. The van der Waals surface area contributed by atoms with Crippen LogP contribution in [0.3, 0.4) is 0 Å². The number of aryl methyl sites for hydroxylation is 2. The predicted molar refractivity (Wildman–Crippen MR) is 112 cm³/mol. The third-order valence-corrected chi connectivity index (χ3v) is 6.83. The summed E-state index contributed by atoms with van der Waals surface area (Å²) in [5.41, 5.74) is 2.98. The number of nitrogens with one attached hydrogen (secondary N) is 1. The van der Waals surface area contributed by atoms with Crippen LogP contribution >= 0.6 is 0 Å². The van der Waals surface area contributed by atoms with Gasteiger partial charge in [-0.05, 0) is 38.1 Å². The predicted octanol–water partition coefficient (Wildman–Crippen LogP) is 2.32. The Bertz CT molecular complexity index is 966. The van der Waals surface area contributed by atoms with Crippen molar-refractivity contribution >= 4 is 21.6 Å². The van der Waals surface area contributed by atoms with Crippen molar-refractivity contribution in [2.75, 3.05) is 43.4 Å². The number of para-hydroxylation sites is 1. The van der Waals surface area contributed by atoms with Crippen LogP contribution in [0.2, 0.25) is 0 Å². The van der Waals surface area contributed by atoms with Crippen LogP contribution in [0, 0.1) is 19.7 Å². The molecule has 8 heteroatoms. The molecular formula is C21H26FN3O3S. The first-order valence-electron chi connectivity index (χ1n) is 9.60. The summed E-state index contributed by atoms with van der Waals surface area (Å²) in [4.78, 5) is 14.1. The maximum atomic E-state index is 13.9. The number of sulfonamides is 1. The van der Waals surface area contributed by atoms with Gasteiger partial charge in [-0.15, -0.1) is 0 Å². The maximum absolute atomic E-state index is 13.9. The van der Waals surface area contributed by atoms with E-state index in [2.05, 4.69) is 5.32 Å². The van der Waals surface area contributed by atoms with Crippen LogP contribution in [0.5, 0.6) is 0 Å². The van der Waals surface area contributed by atoms with E-state index < -0.39 is 10.0 Å². The molecule has 0 aromatic heterocycles. The van der Waals surface area contributed by atoms with Crippen molar-refractivity contribution in [3.05, 3.63) is 65.0 Å². The minimum atomic E-state index is -3.50. The molecule has 0 aliphatic carbocycles. The summed E-state index contributed by atoms with van der Waals surface area (Å²) >= 11 is 0. The van der Waals surface area contributed by atoms with Crippen molar-refractivity contribution in [2.24, 2.45) is 0 Å². The summed E-state index contributed by atoms with van der Waals surface area (Å²) in [5, 5.41) is 2.69. The first-order chi connectivity index (χ1) is 13.8. The normalized spacial score (nSPS) is 15.3. The topological polar surface area (TPSA) is 69.7 Å². The molecule has 1 fully saturated rings. The highest BCUT2D eigenvalue weighted by molar-refractivity contribution is 7.89. The monoisotopic (exact) mass is 419 g/mol. The number of hydrogen-bond donors (Lipinski definition) is 1. The van der Waals surface area contributed by atoms with Crippen LogP contribution in [-0.2, 0) is 10.0 Å². The Morgan fingerprint density at radius 2 is 1.66 bits per heavy atom.